The largest absolute Gasteiger partial charge is 0.460 e. The van der Waals surface area contributed by atoms with Crippen molar-refractivity contribution in [2.75, 3.05) is 60.4 Å². The lowest BCUT2D eigenvalue weighted by molar-refractivity contribution is -0.266. The van der Waals surface area contributed by atoms with E-state index in [9.17, 15) is 44.4 Å². The van der Waals surface area contributed by atoms with Crippen molar-refractivity contribution in [2.45, 2.75) is 186 Å². The minimum Gasteiger partial charge on any atom is -0.460 e. The van der Waals surface area contributed by atoms with Crippen LogP contribution in [0.2, 0.25) is 0 Å². The third-order valence-electron chi connectivity index (χ3n) is 15.6. The molecule has 2 saturated heterocycles. The van der Waals surface area contributed by atoms with Crippen molar-refractivity contribution in [2.24, 2.45) is 35.5 Å². The highest BCUT2D eigenvalue weighted by Crippen LogP contribution is 2.38. The zero-order valence-corrected chi connectivity index (χ0v) is 45.8. The van der Waals surface area contributed by atoms with Crippen LogP contribution in [0.1, 0.15) is 132 Å². The van der Waals surface area contributed by atoms with Crippen LogP contribution in [0.15, 0.2) is 47.6 Å². The highest BCUT2D eigenvalue weighted by Gasteiger charge is 2.53. The molecule has 1 amide bonds. The molecule has 3 fully saturated rings. The van der Waals surface area contributed by atoms with Crippen LogP contribution in [0.25, 0.3) is 0 Å². The monoisotopic (exact) mass is 1050 g/mol. The Morgan fingerprint density at radius 3 is 2.27 bits per heavy atom. The number of allylic oxidation sites excluding steroid dienone is 6. The molecule has 0 radical (unpaired) electrons. The maximum atomic E-state index is 14.6. The molecule has 17 heteroatoms. The van der Waals surface area contributed by atoms with Gasteiger partial charge in [0.15, 0.2) is 5.78 Å². The average molecular weight is 1050 g/mol. The van der Waals surface area contributed by atoms with Crippen LogP contribution >= 0.6 is 0 Å². The van der Waals surface area contributed by atoms with Crippen molar-refractivity contribution >= 4 is 29.2 Å². The number of cyclic esters (lactones) is 1. The number of hydrogen-bond donors (Lipinski definition) is 4. The van der Waals surface area contributed by atoms with Crippen molar-refractivity contribution in [3.63, 3.8) is 0 Å². The molecule has 0 aromatic heterocycles. The standard InChI is InChI=1S/C57H91NO16/c1-36-16-11-10-12-17-37(2)48(72-29-28-70-27-25-60)34-44-21-19-42(7)57(67,74-44)54(64)55(65)58-23-14-13-18-45(58)56(66)73-49(39(4)32-43-20-22-47(50(33-43)68-8)71-26-15-24-59)35-46(61)38(3)31-41(6)52(63)53(69-9)51(62)40(5)30-36/h10-12,16-17,31,36,38-40,42-45,47-50,52-53,59-60,63,67H,13-15,18-30,32-35H2,1-9H3/b12-10+,16-11+,37-17+,41-31+/t36-,38-,39-,40-,42-,43+,44+,45+,47-,48?,49+,50-,52-,53+,57-/m1/s1. The number of carbonyl (C=O) groups is 5. The van der Waals surface area contributed by atoms with Crippen LogP contribution in [0, 0.1) is 35.5 Å². The Hall–Kier alpha value is -3.49. The number of Topliss-reactive ketones (excluding diaryl/α,β-unsaturated/α-hetero) is 3. The molecular formula is C57H91NO16. The second-order valence-corrected chi connectivity index (χ2v) is 21.5. The molecule has 74 heavy (non-hydrogen) atoms. The number of hydrogen-bond acceptors (Lipinski definition) is 16. The first kappa shape index (κ1) is 63.0. The first-order valence-electron chi connectivity index (χ1n) is 27.3. The number of piperidine rings is 1. The summed E-state index contributed by atoms with van der Waals surface area (Å²) < 4.78 is 41.8. The highest BCUT2D eigenvalue weighted by atomic mass is 16.6. The molecule has 2 bridgehead atoms. The first-order valence-corrected chi connectivity index (χ1v) is 27.3. The molecule has 4 aliphatic rings. The Morgan fingerprint density at radius 1 is 0.811 bits per heavy atom. The van der Waals surface area contributed by atoms with Crippen LogP contribution < -0.4 is 0 Å². The number of esters is 1. The number of fused-ring (bicyclic) bond motifs is 3. The Morgan fingerprint density at radius 2 is 1.57 bits per heavy atom. The van der Waals surface area contributed by atoms with Gasteiger partial charge in [-0.2, -0.15) is 0 Å². The Labute approximate surface area is 440 Å². The van der Waals surface area contributed by atoms with E-state index in [4.69, 9.17) is 33.2 Å². The molecule has 4 N–H and O–H groups in total. The lowest BCUT2D eigenvalue weighted by atomic mass is 9.78. The van der Waals surface area contributed by atoms with Crippen LogP contribution in [-0.4, -0.2) is 170 Å². The molecule has 3 aliphatic heterocycles. The Kier molecular flexibility index (Phi) is 27.0. The predicted octanol–water partition coefficient (Wildman–Crippen LogP) is 5.97. The van der Waals surface area contributed by atoms with Gasteiger partial charge in [0.2, 0.25) is 5.79 Å². The van der Waals surface area contributed by atoms with E-state index in [0.717, 1.165) is 18.4 Å². The molecule has 1 aliphatic carbocycles. The first-order chi connectivity index (χ1) is 35.3. The van der Waals surface area contributed by atoms with Crippen LogP contribution in [-0.2, 0) is 57.1 Å². The molecule has 0 aromatic rings. The Balaban J connectivity index is 1.71. The number of ether oxygens (including phenoxy) is 7. The smallest absolute Gasteiger partial charge is 0.329 e. The fourth-order valence-corrected chi connectivity index (χ4v) is 10.9. The second kappa shape index (κ2) is 31.7. The predicted molar refractivity (Wildman–Crippen MR) is 277 cm³/mol. The summed E-state index contributed by atoms with van der Waals surface area (Å²) in [6, 6.07) is -1.17. The summed E-state index contributed by atoms with van der Waals surface area (Å²) in [4.78, 5) is 72.8. The molecule has 1 unspecified atom stereocenters. The van der Waals surface area contributed by atoms with E-state index in [1.807, 2.05) is 51.2 Å². The SMILES string of the molecule is CO[C@@H]1C[C@H](C[C@@H](C)[C@@H]2CC(=O)[C@H](C)/C=C(\C)[C@@H](O)[C@@H](OC)C(=O)[C@H](C)C[C@H](C)/C=C/C=C/C=C(\C)C(OCCOCCO)C[C@@H]3CC[C@@H](C)[C@@](O)(O3)C(=O)C(=O)N3CCCC[C@H]3C(=O)O2)CC[C@H]1OCCCO. The van der Waals surface area contributed by atoms with E-state index in [1.54, 1.807) is 40.9 Å². The van der Waals surface area contributed by atoms with Gasteiger partial charge in [0.25, 0.3) is 11.7 Å². The van der Waals surface area contributed by atoms with Gasteiger partial charge >= 0.3 is 5.97 Å². The molecular weight excluding hydrogens is 955 g/mol. The number of aliphatic hydroxyl groups is 4. The molecule has 0 spiro atoms. The zero-order valence-electron chi connectivity index (χ0n) is 45.8. The van der Waals surface area contributed by atoms with Crippen molar-refractivity contribution in [3.8, 4) is 0 Å². The fraction of sp³-hybridized carbons (Fsp3) is 0.772. The summed E-state index contributed by atoms with van der Waals surface area (Å²) in [7, 11) is 3.02. The molecule has 3 heterocycles. The van der Waals surface area contributed by atoms with Crippen molar-refractivity contribution in [3.05, 3.63) is 47.6 Å². The van der Waals surface area contributed by atoms with Crippen molar-refractivity contribution < 1.29 is 77.6 Å². The van der Waals surface area contributed by atoms with Gasteiger partial charge in [-0.15, -0.1) is 0 Å². The van der Waals surface area contributed by atoms with Gasteiger partial charge in [-0.1, -0.05) is 71.1 Å². The third-order valence-corrected chi connectivity index (χ3v) is 15.6. The summed E-state index contributed by atoms with van der Waals surface area (Å²) in [5.74, 6) is -8.24. The van der Waals surface area contributed by atoms with Gasteiger partial charge in [-0.05, 0) is 113 Å². The normalized spacial score (nSPS) is 37.0. The maximum Gasteiger partial charge on any atom is 0.329 e. The van der Waals surface area contributed by atoms with Gasteiger partial charge in [-0.25, -0.2) is 4.79 Å². The van der Waals surface area contributed by atoms with E-state index >= 15 is 0 Å². The molecule has 17 nitrogen and oxygen atoms in total. The molecule has 1 saturated carbocycles. The zero-order chi connectivity index (χ0) is 54.5. The molecule has 420 valence electrons. The van der Waals surface area contributed by atoms with Gasteiger partial charge < -0.3 is 58.5 Å². The summed E-state index contributed by atoms with van der Waals surface area (Å²) in [6.07, 6.45) is 12.0. The van der Waals surface area contributed by atoms with E-state index in [-0.39, 0.29) is 100 Å². The minimum absolute atomic E-state index is 0.0177. The number of methoxy groups -OCH3 is 2. The van der Waals surface area contributed by atoms with E-state index in [1.165, 1.54) is 12.0 Å². The number of amides is 1. The van der Waals surface area contributed by atoms with E-state index in [2.05, 4.69) is 0 Å². The number of nitrogens with zero attached hydrogens (tertiary/aromatic N) is 1. The second-order valence-electron chi connectivity index (χ2n) is 21.5. The molecule has 15 atom stereocenters. The summed E-state index contributed by atoms with van der Waals surface area (Å²) >= 11 is 0. The number of rotatable bonds is 15. The van der Waals surface area contributed by atoms with Gasteiger partial charge in [-0.3, -0.25) is 19.2 Å². The maximum absolute atomic E-state index is 14.6. The lowest BCUT2D eigenvalue weighted by Gasteiger charge is -2.43. The van der Waals surface area contributed by atoms with Crippen LogP contribution in [0.3, 0.4) is 0 Å². The summed E-state index contributed by atoms with van der Waals surface area (Å²) in [5.41, 5.74) is 1.20. The van der Waals surface area contributed by atoms with Crippen LogP contribution in [0.4, 0.5) is 0 Å². The van der Waals surface area contributed by atoms with Gasteiger partial charge in [0.1, 0.15) is 30.1 Å². The summed E-state index contributed by atoms with van der Waals surface area (Å²) in [5, 5.41) is 42.2. The third kappa shape index (κ3) is 18.3. The quantitative estimate of drug-likeness (QED) is 0.0641. The fourth-order valence-electron chi connectivity index (χ4n) is 10.9. The van der Waals surface area contributed by atoms with E-state index in [0.29, 0.717) is 63.5 Å². The number of ketones is 3. The molecule has 4 rings (SSSR count). The van der Waals surface area contributed by atoms with Crippen molar-refractivity contribution in [1.82, 2.24) is 4.90 Å². The average Bonchev–Trinajstić information content (AvgIpc) is 3.38. The number of carbonyl (C=O) groups excluding carboxylic acids is 5. The molecule has 0 aromatic carbocycles. The lowest BCUT2D eigenvalue weighted by Crippen LogP contribution is -2.61. The van der Waals surface area contributed by atoms with E-state index < -0.39 is 77.8 Å². The van der Waals surface area contributed by atoms with Gasteiger partial charge in [0.05, 0.1) is 50.8 Å². The van der Waals surface area contributed by atoms with Crippen LogP contribution in [0.5, 0.6) is 0 Å². The van der Waals surface area contributed by atoms with Gasteiger partial charge in [0, 0.05) is 64.6 Å². The summed E-state index contributed by atoms with van der Waals surface area (Å²) in [6.45, 7) is 13.5. The topological polar surface area (TPSA) is 234 Å². The van der Waals surface area contributed by atoms with Crippen molar-refractivity contribution in [1.29, 1.82) is 0 Å². The highest BCUT2D eigenvalue weighted by molar-refractivity contribution is 6.39. The Bertz CT molecular complexity index is 1920. The minimum atomic E-state index is -2.49. The number of aliphatic hydroxyl groups excluding tert-OH is 3.